The second-order valence-electron chi connectivity index (χ2n) is 4.04. The Bertz CT molecular complexity index is 590. The third-order valence-corrected chi connectivity index (χ3v) is 4.33. The van der Waals surface area contributed by atoms with Gasteiger partial charge in [0, 0.05) is 15.1 Å². The van der Waals surface area contributed by atoms with E-state index in [-0.39, 0.29) is 6.61 Å². The molecular formula is C15H14BrNO2S. The van der Waals surface area contributed by atoms with Crippen molar-refractivity contribution in [2.45, 2.75) is 11.5 Å². The molecule has 0 aromatic heterocycles. The number of carbonyl (C=O) groups excluding carboxylic acids is 1. The largest absolute Gasteiger partial charge is 0.444 e. The molecule has 0 spiro atoms. The summed E-state index contributed by atoms with van der Waals surface area (Å²) < 4.78 is 6.11. The molecule has 20 heavy (non-hydrogen) atoms. The fourth-order valence-electron chi connectivity index (χ4n) is 1.62. The minimum atomic E-state index is -0.461. The molecule has 2 aromatic carbocycles. The van der Waals surface area contributed by atoms with Gasteiger partial charge < -0.3 is 4.74 Å². The Labute approximate surface area is 130 Å². The van der Waals surface area contributed by atoms with E-state index in [9.17, 15) is 4.79 Å². The van der Waals surface area contributed by atoms with E-state index in [1.54, 1.807) is 11.8 Å². The molecule has 104 valence electrons. The van der Waals surface area contributed by atoms with Crippen LogP contribution in [0, 0.1) is 0 Å². The number of amides is 1. The highest BCUT2D eigenvalue weighted by Crippen LogP contribution is 2.28. The maximum atomic E-state index is 11.7. The van der Waals surface area contributed by atoms with Crippen molar-refractivity contribution < 1.29 is 9.53 Å². The van der Waals surface area contributed by atoms with Crippen LogP contribution in [0.25, 0.3) is 0 Å². The summed E-state index contributed by atoms with van der Waals surface area (Å²) in [5.74, 6) is 0. The molecule has 0 aliphatic carbocycles. The van der Waals surface area contributed by atoms with Gasteiger partial charge in [-0.15, -0.1) is 11.8 Å². The number of hydrogen-bond donors (Lipinski definition) is 1. The zero-order valence-corrected chi connectivity index (χ0v) is 13.3. The number of benzene rings is 2. The number of nitrogens with one attached hydrogen (secondary N) is 1. The lowest BCUT2D eigenvalue weighted by Crippen LogP contribution is -2.13. The van der Waals surface area contributed by atoms with Crippen molar-refractivity contribution in [2.24, 2.45) is 0 Å². The molecule has 0 bridgehead atoms. The molecule has 0 radical (unpaired) electrons. The van der Waals surface area contributed by atoms with Gasteiger partial charge in [0.15, 0.2) is 0 Å². The van der Waals surface area contributed by atoms with Gasteiger partial charge >= 0.3 is 6.09 Å². The third-order valence-electron chi connectivity index (χ3n) is 2.61. The first kappa shape index (κ1) is 14.9. The van der Waals surface area contributed by atoms with E-state index in [0.717, 1.165) is 14.9 Å². The van der Waals surface area contributed by atoms with E-state index in [0.29, 0.717) is 5.69 Å². The predicted octanol–water partition coefficient (Wildman–Crippen LogP) is 4.92. The van der Waals surface area contributed by atoms with Crippen LogP contribution in [0.1, 0.15) is 5.56 Å². The number of rotatable bonds is 4. The fourth-order valence-corrected chi connectivity index (χ4v) is 2.94. The topological polar surface area (TPSA) is 38.3 Å². The zero-order valence-electron chi connectivity index (χ0n) is 10.9. The highest BCUT2D eigenvalue weighted by Gasteiger charge is 2.06. The van der Waals surface area contributed by atoms with Crippen LogP contribution in [0.3, 0.4) is 0 Å². The highest BCUT2D eigenvalue weighted by molar-refractivity contribution is 9.10. The molecule has 0 saturated heterocycles. The summed E-state index contributed by atoms with van der Waals surface area (Å²) in [5.41, 5.74) is 1.66. The standard InChI is InChI=1S/C15H14BrNO2S/c1-20-14-8-7-12(9-13(14)16)17-15(18)19-10-11-5-3-2-4-6-11/h2-9H,10H2,1H3,(H,17,18). The first-order valence-corrected chi connectivity index (χ1v) is 8.02. The van der Waals surface area contributed by atoms with Crippen molar-refractivity contribution in [3.63, 3.8) is 0 Å². The third kappa shape index (κ3) is 4.28. The lowest BCUT2D eigenvalue weighted by molar-refractivity contribution is 0.155. The lowest BCUT2D eigenvalue weighted by atomic mass is 10.2. The van der Waals surface area contributed by atoms with E-state index in [4.69, 9.17) is 4.74 Å². The second kappa shape index (κ2) is 7.36. The van der Waals surface area contributed by atoms with Crippen LogP contribution in [0.5, 0.6) is 0 Å². The van der Waals surface area contributed by atoms with Crippen molar-refractivity contribution in [3.8, 4) is 0 Å². The van der Waals surface area contributed by atoms with Gasteiger partial charge in [-0.1, -0.05) is 30.3 Å². The number of thioether (sulfide) groups is 1. The summed E-state index contributed by atoms with van der Waals surface area (Å²) in [6.45, 7) is 0.261. The van der Waals surface area contributed by atoms with Crippen LogP contribution < -0.4 is 5.32 Å². The van der Waals surface area contributed by atoms with E-state index < -0.39 is 6.09 Å². The first-order valence-electron chi connectivity index (χ1n) is 6.00. The van der Waals surface area contributed by atoms with Crippen LogP contribution in [0.2, 0.25) is 0 Å². The van der Waals surface area contributed by atoms with Crippen molar-refractivity contribution >= 4 is 39.5 Å². The maximum Gasteiger partial charge on any atom is 0.411 e. The van der Waals surface area contributed by atoms with Crippen LogP contribution in [-0.2, 0) is 11.3 Å². The van der Waals surface area contributed by atoms with Crippen molar-refractivity contribution in [1.29, 1.82) is 0 Å². The van der Waals surface area contributed by atoms with Crippen LogP contribution in [-0.4, -0.2) is 12.3 Å². The van der Waals surface area contributed by atoms with Gasteiger partial charge in [-0.25, -0.2) is 4.79 Å². The Morgan fingerprint density at radius 2 is 2.00 bits per heavy atom. The lowest BCUT2D eigenvalue weighted by Gasteiger charge is -2.08. The summed E-state index contributed by atoms with van der Waals surface area (Å²) in [4.78, 5) is 12.8. The average Bonchev–Trinajstić information content (AvgIpc) is 2.46. The molecule has 0 unspecified atom stereocenters. The number of anilines is 1. The zero-order chi connectivity index (χ0) is 14.4. The molecule has 0 aliphatic heterocycles. The van der Waals surface area contributed by atoms with Gasteiger partial charge in [-0.05, 0) is 45.9 Å². The number of ether oxygens (including phenoxy) is 1. The van der Waals surface area contributed by atoms with Gasteiger partial charge in [0.25, 0.3) is 0 Å². The number of hydrogen-bond acceptors (Lipinski definition) is 3. The molecule has 2 aromatic rings. The Kier molecular flexibility index (Phi) is 5.49. The van der Waals surface area contributed by atoms with Gasteiger partial charge in [0.05, 0.1) is 0 Å². The molecule has 1 amide bonds. The van der Waals surface area contributed by atoms with Gasteiger partial charge in [-0.3, -0.25) is 5.32 Å². The Morgan fingerprint density at radius 3 is 2.65 bits per heavy atom. The minimum Gasteiger partial charge on any atom is -0.444 e. The monoisotopic (exact) mass is 351 g/mol. The van der Waals surface area contributed by atoms with Crippen molar-refractivity contribution in [1.82, 2.24) is 0 Å². The summed E-state index contributed by atoms with van der Waals surface area (Å²) in [5, 5.41) is 2.70. The van der Waals surface area contributed by atoms with Crippen LogP contribution in [0.4, 0.5) is 10.5 Å². The molecule has 2 rings (SSSR count). The normalized spacial score (nSPS) is 10.1. The van der Waals surface area contributed by atoms with Crippen LogP contribution >= 0.6 is 27.7 Å². The molecule has 3 nitrogen and oxygen atoms in total. The molecule has 0 atom stereocenters. The summed E-state index contributed by atoms with van der Waals surface area (Å²) >= 11 is 5.10. The summed E-state index contributed by atoms with van der Waals surface area (Å²) in [6, 6.07) is 15.2. The predicted molar refractivity (Wildman–Crippen MR) is 86.2 cm³/mol. The van der Waals surface area contributed by atoms with Crippen LogP contribution in [0.15, 0.2) is 57.9 Å². The minimum absolute atomic E-state index is 0.261. The molecule has 1 N–H and O–H groups in total. The molecular weight excluding hydrogens is 338 g/mol. The SMILES string of the molecule is CSc1ccc(NC(=O)OCc2ccccc2)cc1Br. The second-order valence-corrected chi connectivity index (χ2v) is 5.74. The highest BCUT2D eigenvalue weighted by atomic mass is 79.9. The summed E-state index contributed by atoms with van der Waals surface area (Å²) in [7, 11) is 0. The number of halogens is 1. The molecule has 0 saturated carbocycles. The fraction of sp³-hybridized carbons (Fsp3) is 0.133. The van der Waals surface area contributed by atoms with Gasteiger partial charge in [0.1, 0.15) is 6.61 Å². The van der Waals surface area contributed by atoms with Gasteiger partial charge in [-0.2, -0.15) is 0 Å². The average molecular weight is 352 g/mol. The Morgan fingerprint density at radius 1 is 1.25 bits per heavy atom. The van der Waals surface area contributed by atoms with E-state index in [1.807, 2.05) is 54.8 Å². The van der Waals surface area contributed by atoms with Crippen molar-refractivity contribution in [2.75, 3.05) is 11.6 Å². The van der Waals surface area contributed by atoms with Crippen molar-refractivity contribution in [3.05, 3.63) is 58.6 Å². The smallest absolute Gasteiger partial charge is 0.411 e. The van der Waals surface area contributed by atoms with E-state index >= 15 is 0 Å². The Hall–Kier alpha value is -1.46. The summed E-state index contributed by atoms with van der Waals surface area (Å²) in [6.07, 6.45) is 1.54. The van der Waals surface area contributed by atoms with E-state index in [1.165, 1.54) is 0 Å². The maximum absolute atomic E-state index is 11.7. The molecule has 5 heteroatoms. The van der Waals surface area contributed by atoms with Gasteiger partial charge in [0.2, 0.25) is 0 Å². The first-order chi connectivity index (χ1) is 9.69. The van der Waals surface area contributed by atoms with E-state index in [2.05, 4.69) is 21.2 Å². The number of carbonyl (C=O) groups is 1. The Balaban J connectivity index is 1.90. The quantitative estimate of drug-likeness (QED) is 0.794. The molecule has 0 aliphatic rings. The molecule has 0 fully saturated rings. The molecule has 0 heterocycles.